The van der Waals surface area contributed by atoms with E-state index in [0.717, 1.165) is 0 Å². The zero-order valence-electron chi connectivity index (χ0n) is 7.02. The van der Waals surface area contributed by atoms with Crippen LogP contribution in [0.3, 0.4) is 0 Å². The van der Waals surface area contributed by atoms with Crippen molar-refractivity contribution in [1.29, 1.82) is 0 Å². The summed E-state index contributed by atoms with van der Waals surface area (Å²) in [7, 11) is 0. The van der Waals surface area contributed by atoms with Crippen molar-refractivity contribution in [2.24, 2.45) is 0 Å². The number of anilines is 1. The smallest absolute Gasteiger partial charge is 0.325 e. The van der Waals surface area contributed by atoms with E-state index in [0.29, 0.717) is 5.82 Å². The fourth-order valence-corrected chi connectivity index (χ4v) is 0.873. The lowest BCUT2D eigenvalue weighted by Crippen LogP contribution is -2.16. The molecule has 13 heavy (non-hydrogen) atoms. The van der Waals surface area contributed by atoms with Gasteiger partial charge >= 0.3 is 5.97 Å². The monoisotopic (exact) mass is 183 g/mol. The van der Waals surface area contributed by atoms with E-state index < -0.39 is 5.97 Å². The van der Waals surface area contributed by atoms with Crippen molar-refractivity contribution >= 4 is 17.7 Å². The third-order valence-electron chi connectivity index (χ3n) is 1.31. The van der Waals surface area contributed by atoms with Crippen molar-refractivity contribution in [3.05, 3.63) is 12.3 Å². The molecule has 0 aliphatic rings. The maximum atomic E-state index is 10.6. The van der Waals surface area contributed by atoms with Crippen molar-refractivity contribution in [1.82, 2.24) is 9.78 Å². The van der Waals surface area contributed by atoms with Gasteiger partial charge in [-0.3, -0.25) is 9.59 Å². The lowest BCUT2D eigenvalue weighted by molar-refractivity contribution is -0.137. The summed E-state index contributed by atoms with van der Waals surface area (Å²) in [4.78, 5) is 21.0. The first kappa shape index (κ1) is 9.24. The molecule has 0 unspecified atom stereocenters. The molecule has 0 aromatic carbocycles. The highest BCUT2D eigenvalue weighted by Crippen LogP contribution is 2.04. The Bertz CT molecular complexity index is 301. The van der Waals surface area contributed by atoms with Crippen molar-refractivity contribution in [3.63, 3.8) is 0 Å². The fraction of sp³-hybridized carbons (Fsp3) is 0.286. The third-order valence-corrected chi connectivity index (χ3v) is 1.31. The molecular formula is C7H9N3O3. The number of aliphatic carboxylic acids is 1. The lowest BCUT2D eigenvalue weighted by Gasteiger charge is -2.03. The van der Waals surface area contributed by atoms with Gasteiger partial charge in [0.15, 0.2) is 0 Å². The van der Waals surface area contributed by atoms with Gasteiger partial charge in [0.2, 0.25) is 5.91 Å². The predicted octanol–water partition coefficient (Wildman–Crippen LogP) is -0.0739. The van der Waals surface area contributed by atoms with Gasteiger partial charge in [0, 0.05) is 13.0 Å². The summed E-state index contributed by atoms with van der Waals surface area (Å²) in [6, 6.07) is 1.53. The van der Waals surface area contributed by atoms with Crippen LogP contribution in [-0.2, 0) is 16.1 Å². The minimum absolute atomic E-state index is 0.257. The molecule has 1 rings (SSSR count). The van der Waals surface area contributed by atoms with Crippen LogP contribution in [0.25, 0.3) is 0 Å². The lowest BCUT2D eigenvalue weighted by atomic mass is 10.5. The maximum absolute atomic E-state index is 10.6. The van der Waals surface area contributed by atoms with Crippen LogP contribution in [0.4, 0.5) is 5.82 Å². The molecule has 6 nitrogen and oxygen atoms in total. The molecule has 0 saturated heterocycles. The molecule has 0 spiro atoms. The van der Waals surface area contributed by atoms with Crippen LogP contribution in [0.5, 0.6) is 0 Å². The number of hydrogen-bond donors (Lipinski definition) is 2. The summed E-state index contributed by atoms with van der Waals surface area (Å²) >= 11 is 0. The van der Waals surface area contributed by atoms with Crippen LogP contribution in [0, 0.1) is 0 Å². The van der Waals surface area contributed by atoms with E-state index in [9.17, 15) is 9.59 Å². The largest absolute Gasteiger partial charge is 0.480 e. The molecule has 1 aromatic heterocycles. The summed E-state index contributed by atoms with van der Waals surface area (Å²) in [6.45, 7) is 1.08. The van der Waals surface area contributed by atoms with Crippen molar-refractivity contribution in [3.8, 4) is 0 Å². The number of carboxylic acid groups (broad SMARTS) is 1. The Morgan fingerprint density at radius 2 is 2.38 bits per heavy atom. The van der Waals surface area contributed by atoms with E-state index in [-0.39, 0.29) is 12.5 Å². The van der Waals surface area contributed by atoms with Crippen LogP contribution in [0.1, 0.15) is 6.92 Å². The number of hydrogen-bond acceptors (Lipinski definition) is 3. The number of nitrogens with one attached hydrogen (secondary N) is 1. The van der Waals surface area contributed by atoms with Crippen LogP contribution in [0.2, 0.25) is 0 Å². The van der Waals surface area contributed by atoms with Gasteiger partial charge in [0.1, 0.15) is 12.4 Å². The summed E-state index contributed by atoms with van der Waals surface area (Å²) in [6.07, 6.45) is 1.42. The van der Waals surface area contributed by atoms with E-state index in [1.54, 1.807) is 0 Å². The zero-order chi connectivity index (χ0) is 9.84. The summed E-state index contributed by atoms with van der Waals surface area (Å²) in [5, 5.41) is 14.7. The predicted molar refractivity (Wildman–Crippen MR) is 44.2 cm³/mol. The van der Waals surface area contributed by atoms with Crippen molar-refractivity contribution in [2.45, 2.75) is 13.5 Å². The fourth-order valence-electron chi connectivity index (χ4n) is 0.873. The topological polar surface area (TPSA) is 84.2 Å². The zero-order valence-corrected chi connectivity index (χ0v) is 7.02. The second-order valence-corrected chi connectivity index (χ2v) is 2.45. The molecule has 0 atom stereocenters. The number of rotatable bonds is 3. The highest BCUT2D eigenvalue weighted by molar-refractivity contribution is 5.87. The molecular weight excluding hydrogens is 174 g/mol. The first-order valence-corrected chi connectivity index (χ1v) is 3.61. The molecule has 0 aliphatic carbocycles. The number of carbonyl (C=O) groups excluding carboxylic acids is 1. The minimum Gasteiger partial charge on any atom is -0.480 e. The minimum atomic E-state index is -1.00. The van der Waals surface area contributed by atoms with Gasteiger partial charge in [-0.25, -0.2) is 4.68 Å². The quantitative estimate of drug-likeness (QED) is 0.686. The van der Waals surface area contributed by atoms with Gasteiger partial charge < -0.3 is 10.4 Å². The number of nitrogens with zero attached hydrogens (tertiary/aromatic N) is 2. The van der Waals surface area contributed by atoms with E-state index >= 15 is 0 Å². The first-order chi connectivity index (χ1) is 6.09. The Kier molecular flexibility index (Phi) is 2.63. The maximum Gasteiger partial charge on any atom is 0.325 e. The van der Waals surface area contributed by atoms with Crippen LogP contribution < -0.4 is 5.32 Å². The summed E-state index contributed by atoms with van der Waals surface area (Å²) in [5.74, 6) is -0.877. The molecule has 0 bridgehead atoms. The Morgan fingerprint density at radius 1 is 1.69 bits per heavy atom. The number of carbonyl (C=O) groups is 2. The average molecular weight is 183 g/mol. The van der Waals surface area contributed by atoms with Crippen LogP contribution in [0.15, 0.2) is 12.3 Å². The SMILES string of the molecule is CC(=O)Nc1ccnn1CC(=O)O. The molecule has 0 radical (unpaired) electrons. The van der Waals surface area contributed by atoms with Gasteiger partial charge in [-0.2, -0.15) is 5.10 Å². The third kappa shape index (κ3) is 2.58. The standard InChI is InChI=1S/C7H9N3O3/c1-5(11)9-6-2-3-8-10(6)4-7(12)13/h2-3H,4H2,1H3,(H,9,11)(H,12,13). The highest BCUT2D eigenvalue weighted by Gasteiger charge is 2.06. The van der Waals surface area contributed by atoms with E-state index in [1.165, 1.54) is 23.9 Å². The van der Waals surface area contributed by atoms with Gasteiger partial charge in [-0.1, -0.05) is 0 Å². The molecule has 1 heterocycles. The van der Waals surface area contributed by atoms with Crippen LogP contribution >= 0.6 is 0 Å². The van der Waals surface area contributed by atoms with Crippen molar-refractivity contribution in [2.75, 3.05) is 5.32 Å². The second-order valence-electron chi connectivity index (χ2n) is 2.45. The van der Waals surface area contributed by atoms with Crippen molar-refractivity contribution < 1.29 is 14.7 Å². The number of carboxylic acids is 1. The van der Waals surface area contributed by atoms with Crippen LogP contribution in [-0.4, -0.2) is 26.8 Å². The highest BCUT2D eigenvalue weighted by atomic mass is 16.4. The number of amides is 1. The Morgan fingerprint density at radius 3 is 2.92 bits per heavy atom. The van der Waals surface area contributed by atoms with Gasteiger partial charge in [0.25, 0.3) is 0 Å². The number of aromatic nitrogens is 2. The normalized spacial score (nSPS) is 9.62. The molecule has 6 heteroatoms. The summed E-state index contributed by atoms with van der Waals surface area (Å²) in [5.41, 5.74) is 0. The molecule has 0 saturated carbocycles. The van der Waals surface area contributed by atoms with E-state index in [2.05, 4.69) is 10.4 Å². The van der Waals surface area contributed by atoms with Gasteiger partial charge in [-0.05, 0) is 0 Å². The Balaban J connectivity index is 2.76. The molecule has 2 N–H and O–H groups in total. The van der Waals surface area contributed by atoms with E-state index in [4.69, 9.17) is 5.11 Å². The van der Waals surface area contributed by atoms with E-state index in [1.807, 2.05) is 0 Å². The molecule has 70 valence electrons. The molecule has 0 aliphatic heterocycles. The Labute approximate surface area is 74.2 Å². The Hall–Kier alpha value is -1.85. The summed E-state index contributed by atoms with van der Waals surface area (Å²) < 4.78 is 1.20. The molecule has 1 aromatic rings. The first-order valence-electron chi connectivity index (χ1n) is 3.61. The van der Waals surface area contributed by atoms with Gasteiger partial charge in [-0.15, -0.1) is 0 Å². The molecule has 0 fully saturated rings. The second kappa shape index (κ2) is 3.70. The molecule has 1 amide bonds. The van der Waals surface area contributed by atoms with Gasteiger partial charge in [0.05, 0.1) is 6.20 Å². The average Bonchev–Trinajstić information content (AvgIpc) is 2.34.